The lowest BCUT2D eigenvalue weighted by molar-refractivity contribution is 0.218. The smallest absolute Gasteiger partial charge is 0.154 e. The molecule has 2 aliphatic rings. The van der Waals surface area contributed by atoms with Crippen molar-refractivity contribution >= 4 is 0 Å². The van der Waals surface area contributed by atoms with Gasteiger partial charge in [-0.2, -0.15) is 5.10 Å². The molecule has 2 N–H and O–H groups in total. The molecule has 1 saturated heterocycles. The fourth-order valence-electron chi connectivity index (χ4n) is 3.08. The van der Waals surface area contributed by atoms with Gasteiger partial charge >= 0.3 is 0 Å². The molecule has 0 aromatic carbocycles. The van der Waals surface area contributed by atoms with Gasteiger partial charge in [-0.05, 0) is 45.3 Å². The van der Waals surface area contributed by atoms with Crippen molar-refractivity contribution in [2.45, 2.75) is 51.1 Å². The Bertz CT molecular complexity index is 406. The van der Waals surface area contributed by atoms with Crippen molar-refractivity contribution in [3.05, 3.63) is 11.6 Å². The average molecular weight is 249 g/mol. The second kappa shape index (κ2) is 4.97. The van der Waals surface area contributed by atoms with Crippen molar-refractivity contribution in [1.82, 2.24) is 19.7 Å². The lowest BCUT2D eigenvalue weighted by Gasteiger charge is -2.29. The average Bonchev–Trinajstić information content (AvgIpc) is 2.84. The molecule has 1 aromatic rings. The van der Waals surface area contributed by atoms with Crippen LogP contribution in [0.2, 0.25) is 0 Å². The second-order valence-electron chi connectivity index (χ2n) is 5.50. The number of aryl methyl sites for hydroxylation is 1. The Morgan fingerprint density at radius 1 is 1.28 bits per heavy atom. The molecule has 0 bridgehead atoms. The SMILES string of the molecule is CCN1CCC(c2nc3n(n2)C(N)CCC3)CC1. The Labute approximate surface area is 108 Å². The number of likely N-dealkylation sites (tertiary alicyclic amines) is 1. The number of hydrogen-bond acceptors (Lipinski definition) is 4. The maximum Gasteiger partial charge on any atom is 0.154 e. The van der Waals surface area contributed by atoms with E-state index in [-0.39, 0.29) is 6.17 Å². The van der Waals surface area contributed by atoms with Gasteiger partial charge in [0, 0.05) is 12.3 Å². The highest BCUT2D eigenvalue weighted by molar-refractivity contribution is 5.04. The van der Waals surface area contributed by atoms with Gasteiger partial charge in [-0.3, -0.25) is 0 Å². The van der Waals surface area contributed by atoms with Gasteiger partial charge in [-0.25, -0.2) is 9.67 Å². The Morgan fingerprint density at radius 3 is 2.72 bits per heavy atom. The molecule has 18 heavy (non-hydrogen) atoms. The molecular weight excluding hydrogens is 226 g/mol. The highest BCUT2D eigenvalue weighted by Crippen LogP contribution is 2.28. The molecule has 1 unspecified atom stereocenters. The zero-order valence-corrected chi connectivity index (χ0v) is 11.2. The van der Waals surface area contributed by atoms with Gasteiger partial charge in [0.05, 0.1) is 0 Å². The van der Waals surface area contributed by atoms with Crippen molar-refractivity contribution in [2.24, 2.45) is 5.73 Å². The van der Waals surface area contributed by atoms with Crippen molar-refractivity contribution in [1.29, 1.82) is 0 Å². The number of aromatic nitrogens is 3. The highest BCUT2D eigenvalue weighted by atomic mass is 15.4. The first-order valence-electron chi connectivity index (χ1n) is 7.21. The molecule has 2 aliphatic heterocycles. The van der Waals surface area contributed by atoms with E-state index in [1.807, 2.05) is 4.68 Å². The Morgan fingerprint density at radius 2 is 2.06 bits per heavy atom. The summed E-state index contributed by atoms with van der Waals surface area (Å²) in [6.07, 6.45) is 5.64. The first-order chi connectivity index (χ1) is 8.78. The highest BCUT2D eigenvalue weighted by Gasteiger charge is 2.26. The predicted octanol–water partition coefficient (Wildman–Crippen LogP) is 1.27. The molecule has 0 radical (unpaired) electrons. The third-order valence-electron chi connectivity index (χ3n) is 4.33. The monoisotopic (exact) mass is 249 g/mol. The summed E-state index contributed by atoms with van der Waals surface area (Å²) >= 11 is 0. The third-order valence-corrected chi connectivity index (χ3v) is 4.33. The van der Waals surface area contributed by atoms with E-state index in [4.69, 9.17) is 10.7 Å². The summed E-state index contributed by atoms with van der Waals surface area (Å²) in [7, 11) is 0. The van der Waals surface area contributed by atoms with Gasteiger partial charge in [-0.15, -0.1) is 0 Å². The molecule has 1 fully saturated rings. The summed E-state index contributed by atoms with van der Waals surface area (Å²) in [5.41, 5.74) is 6.09. The van der Waals surface area contributed by atoms with Crippen LogP contribution < -0.4 is 5.73 Å². The predicted molar refractivity (Wildman–Crippen MR) is 70.3 cm³/mol. The zero-order chi connectivity index (χ0) is 12.5. The molecule has 0 aliphatic carbocycles. The van der Waals surface area contributed by atoms with Crippen molar-refractivity contribution < 1.29 is 0 Å². The molecule has 0 spiro atoms. The summed E-state index contributed by atoms with van der Waals surface area (Å²) in [6.45, 7) is 5.74. The van der Waals surface area contributed by atoms with Crippen molar-refractivity contribution in [3.8, 4) is 0 Å². The topological polar surface area (TPSA) is 60.0 Å². The van der Waals surface area contributed by atoms with Crippen LogP contribution in [0.5, 0.6) is 0 Å². The Balaban J connectivity index is 1.74. The molecule has 5 nitrogen and oxygen atoms in total. The van der Waals surface area contributed by atoms with Crippen molar-refractivity contribution in [2.75, 3.05) is 19.6 Å². The largest absolute Gasteiger partial charge is 0.310 e. The fraction of sp³-hybridized carbons (Fsp3) is 0.846. The molecule has 1 aromatic heterocycles. The summed E-state index contributed by atoms with van der Waals surface area (Å²) in [6, 6.07) is 0. The standard InChI is InChI=1S/C13H23N5/c1-2-17-8-6-10(7-9-17)13-15-12-5-3-4-11(14)18(12)16-13/h10-11H,2-9,14H2,1H3. The van der Waals surface area contributed by atoms with Crippen LogP contribution in [0.1, 0.15) is 56.3 Å². The fourth-order valence-corrected chi connectivity index (χ4v) is 3.08. The van der Waals surface area contributed by atoms with E-state index in [9.17, 15) is 0 Å². The molecule has 5 heteroatoms. The van der Waals surface area contributed by atoms with Crippen LogP contribution in [0.3, 0.4) is 0 Å². The van der Waals surface area contributed by atoms with Gasteiger partial charge in [0.25, 0.3) is 0 Å². The number of nitrogens with two attached hydrogens (primary N) is 1. The van der Waals surface area contributed by atoms with Gasteiger partial charge in [-0.1, -0.05) is 6.92 Å². The summed E-state index contributed by atoms with van der Waals surface area (Å²) in [4.78, 5) is 7.23. The zero-order valence-electron chi connectivity index (χ0n) is 11.2. The quantitative estimate of drug-likeness (QED) is 0.857. The van der Waals surface area contributed by atoms with E-state index < -0.39 is 0 Å². The van der Waals surface area contributed by atoms with E-state index >= 15 is 0 Å². The van der Waals surface area contributed by atoms with Crippen LogP contribution in [0, 0.1) is 0 Å². The van der Waals surface area contributed by atoms with Gasteiger partial charge in [0.2, 0.25) is 0 Å². The lowest BCUT2D eigenvalue weighted by atomic mass is 9.96. The maximum absolute atomic E-state index is 6.09. The van der Waals surface area contributed by atoms with Crippen LogP contribution >= 0.6 is 0 Å². The van der Waals surface area contributed by atoms with Crippen LogP contribution in [-0.4, -0.2) is 39.3 Å². The molecular formula is C13H23N5. The normalized spacial score (nSPS) is 26.2. The third kappa shape index (κ3) is 2.17. The maximum atomic E-state index is 6.09. The van der Waals surface area contributed by atoms with Gasteiger partial charge < -0.3 is 10.6 Å². The first kappa shape index (κ1) is 12.1. The van der Waals surface area contributed by atoms with E-state index in [2.05, 4.69) is 16.9 Å². The Hall–Kier alpha value is -0.940. The van der Waals surface area contributed by atoms with E-state index in [1.165, 1.54) is 25.9 Å². The summed E-state index contributed by atoms with van der Waals surface area (Å²) < 4.78 is 1.96. The first-order valence-corrected chi connectivity index (χ1v) is 7.21. The number of piperidine rings is 1. The van der Waals surface area contributed by atoms with Crippen LogP contribution in [-0.2, 0) is 6.42 Å². The summed E-state index contributed by atoms with van der Waals surface area (Å²) in [5, 5.41) is 4.67. The number of fused-ring (bicyclic) bond motifs is 1. The number of hydrogen-bond donors (Lipinski definition) is 1. The van der Waals surface area contributed by atoms with Crippen molar-refractivity contribution in [3.63, 3.8) is 0 Å². The van der Waals surface area contributed by atoms with Crippen LogP contribution in [0.4, 0.5) is 0 Å². The van der Waals surface area contributed by atoms with Crippen LogP contribution in [0.25, 0.3) is 0 Å². The second-order valence-corrected chi connectivity index (χ2v) is 5.50. The van der Waals surface area contributed by atoms with Gasteiger partial charge in [0.15, 0.2) is 5.82 Å². The molecule has 100 valence electrons. The summed E-state index contributed by atoms with van der Waals surface area (Å²) in [5.74, 6) is 2.68. The minimum absolute atomic E-state index is 0.0470. The minimum Gasteiger partial charge on any atom is -0.310 e. The molecule has 0 saturated carbocycles. The number of rotatable bonds is 2. The molecule has 0 amide bonds. The lowest BCUT2D eigenvalue weighted by Crippen LogP contribution is -2.33. The molecule has 3 rings (SSSR count). The van der Waals surface area contributed by atoms with E-state index in [0.717, 1.165) is 37.5 Å². The van der Waals surface area contributed by atoms with E-state index in [0.29, 0.717) is 5.92 Å². The van der Waals surface area contributed by atoms with E-state index in [1.54, 1.807) is 0 Å². The molecule has 1 atom stereocenters. The minimum atomic E-state index is 0.0470. The Kier molecular flexibility index (Phi) is 3.35. The van der Waals surface area contributed by atoms with Crippen LogP contribution in [0.15, 0.2) is 0 Å². The number of nitrogens with zero attached hydrogens (tertiary/aromatic N) is 4. The molecule has 3 heterocycles. The van der Waals surface area contributed by atoms with Gasteiger partial charge in [0.1, 0.15) is 12.0 Å².